The first-order chi connectivity index (χ1) is 9.98. The highest BCUT2D eigenvalue weighted by Crippen LogP contribution is 2.30. The van der Waals surface area contributed by atoms with Crippen LogP contribution < -0.4 is 5.32 Å². The Morgan fingerprint density at radius 1 is 1.38 bits per heavy atom. The lowest BCUT2D eigenvalue weighted by Crippen LogP contribution is -2.56. The maximum absolute atomic E-state index is 12.4. The minimum Gasteiger partial charge on any atom is -0.464 e. The largest absolute Gasteiger partial charge is 0.464 e. The molecule has 2 rings (SSSR count). The van der Waals surface area contributed by atoms with E-state index in [9.17, 15) is 9.59 Å². The van der Waals surface area contributed by atoms with Gasteiger partial charge in [0.1, 0.15) is 5.54 Å². The monoisotopic (exact) mass is 357 g/mol. The second-order valence-corrected chi connectivity index (χ2v) is 6.16. The van der Waals surface area contributed by atoms with Crippen molar-refractivity contribution in [2.24, 2.45) is 0 Å². The topological polar surface area (TPSA) is 68.5 Å². The van der Waals surface area contributed by atoms with Gasteiger partial charge in [-0.1, -0.05) is 19.3 Å². The number of nitrogens with one attached hydrogen (secondary N) is 1. The average molecular weight is 358 g/mol. The highest BCUT2D eigenvalue weighted by molar-refractivity contribution is 9.10. The molecule has 6 heteroatoms. The van der Waals surface area contributed by atoms with E-state index in [1.807, 2.05) is 0 Å². The molecular formula is C15H20BrNO4. The lowest BCUT2D eigenvalue weighted by atomic mass is 9.81. The standard InChI is InChI=1S/C15H20BrNO4/c1-3-20-14(19)15(7-5-4-6-8-15)17-13(18)12-10(2)9-11(16)21-12/h9H,3-8H2,1-2H3,(H,17,18). The number of furan rings is 1. The molecule has 1 aromatic heterocycles. The van der Waals surface area contributed by atoms with Gasteiger partial charge < -0.3 is 14.5 Å². The van der Waals surface area contributed by atoms with Crippen molar-refractivity contribution in [3.05, 3.63) is 22.1 Å². The number of ether oxygens (including phenoxy) is 1. The van der Waals surface area contributed by atoms with Crippen molar-refractivity contribution < 1.29 is 18.7 Å². The maximum atomic E-state index is 12.4. The first-order valence-electron chi connectivity index (χ1n) is 7.24. The maximum Gasteiger partial charge on any atom is 0.331 e. The van der Waals surface area contributed by atoms with Gasteiger partial charge in [-0.15, -0.1) is 0 Å². The van der Waals surface area contributed by atoms with E-state index in [0.717, 1.165) is 24.8 Å². The summed E-state index contributed by atoms with van der Waals surface area (Å²) in [6.07, 6.45) is 4.10. The fourth-order valence-electron chi connectivity index (χ4n) is 2.75. The Hall–Kier alpha value is -1.30. The molecule has 1 N–H and O–H groups in total. The molecule has 0 aliphatic heterocycles. The van der Waals surface area contributed by atoms with Gasteiger partial charge in [0.05, 0.1) is 6.61 Å². The van der Waals surface area contributed by atoms with Gasteiger partial charge in [-0.2, -0.15) is 0 Å². The molecule has 1 heterocycles. The summed E-state index contributed by atoms with van der Waals surface area (Å²) < 4.78 is 11.0. The van der Waals surface area contributed by atoms with Crippen molar-refractivity contribution in [2.45, 2.75) is 51.5 Å². The molecule has 0 unspecified atom stereocenters. The van der Waals surface area contributed by atoms with Crippen molar-refractivity contribution in [3.8, 4) is 0 Å². The van der Waals surface area contributed by atoms with Crippen LogP contribution >= 0.6 is 15.9 Å². The molecule has 1 aliphatic carbocycles. The quantitative estimate of drug-likeness (QED) is 0.839. The zero-order valence-electron chi connectivity index (χ0n) is 12.3. The Balaban J connectivity index is 2.20. The van der Waals surface area contributed by atoms with Crippen molar-refractivity contribution in [3.63, 3.8) is 0 Å². The summed E-state index contributed by atoms with van der Waals surface area (Å²) in [7, 11) is 0. The van der Waals surface area contributed by atoms with E-state index in [1.54, 1.807) is 19.9 Å². The number of hydrogen-bond acceptors (Lipinski definition) is 4. The normalized spacial score (nSPS) is 17.3. The summed E-state index contributed by atoms with van der Waals surface area (Å²) in [5.74, 6) is -0.481. The lowest BCUT2D eigenvalue weighted by Gasteiger charge is -2.35. The molecular weight excluding hydrogens is 338 g/mol. The van der Waals surface area contributed by atoms with E-state index in [2.05, 4.69) is 21.2 Å². The first-order valence-corrected chi connectivity index (χ1v) is 8.03. The summed E-state index contributed by atoms with van der Waals surface area (Å²) in [6, 6.07) is 1.73. The minimum atomic E-state index is -0.920. The van der Waals surface area contributed by atoms with Crippen molar-refractivity contribution in [2.75, 3.05) is 6.61 Å². The molecule has 0 aromatic carbocycles. The highest BCUT2D eigenvalue weighted by atomic mass is 79.9. The molecule has 116 valence electrons. The Morgan fingerprint density at radius 2 is 2.05 bits per heavy atom. The molecule has 0 bridgehead atoms. The van der Waals surface area contributed by atoms with E-state index in [-0.39, 0.29) is 17.6 Å². The lowest BCUT2D eigenvalue weighted by molar-refractivity contribution is -0.152. The fourth-order valence-corrected chi connectivity index (χ4v) is 3.25. The molecule has 5 nitrogen and oxygen atoms in total. The van der Waals surface area contributed by atoms with E-state index in [1.165, 1.54) is 0 Å². The number of rotatable bonds is 4. The van der Waals surface area contributed by atoms with E-state index >= 15 is 0 Å². The summed E-state index contributed by atoms with van der Waals surface area (Å²) in [5, 5.41) is 2.86. The van der Waals surface area contributed by atoms with E-state index in [0.29, 0.717) is 24.1 Å². The third kappa shape index (κ3) is 3.48. The van der Waals surface area contributed by atoms with Crippen LogP contribution in [0, 0.1) is 6.92 Å². The number of esters is 1. The third-order valence-corrected chi connectivity index (χ3v) is 4.21. The second-order valence-electron chi connectivity index (χ2n) is 5.38. The molecule has 1 amide bonds. The minimum absolute atomic E-state index is 0.233. The number of carbonyl (C=O) groups excluding carboxylic acids is 2. The van der Waals surface area contributed by atoms with Gasteiger partial charge in [0.15, 0.2) is 10.4 Å². The van der Waals surface area contributed by atoms with Crippen LogP contribution in [0.3, 0.4) is 0 Å². The summed E-state index contributed by atoms with van der Waals surface area (Å²) >= 11 is 3.21. The molecule has 1 aliphatic rings. The Bertz CT molecular complexity index is 532. The molecule has 1 saturated carbocycles. The van der Waals surface area contributed by atoms with Gasteiger partial charge in [-0.3, -0.25) is 4.79 Å². The fraction of sp³-hybridized carbons (Fsp3) is 0.600. The number of hydrogen-bond donors (Lipinski definition) is 1. The SMILES string of the molecule is CCOC(=O)C1(NC(=O)c2oc(Br)cc2C)CCCCC1. The molecule has 1 aromatic rings. The zero-order valence-corrected chi connectivity index (χ0v) is 13.9. The summed E-state index contributed by atoms with van der Waals surface area (Å²) in [5.41, 5.74) is -0.189. The van der Waals surface area contributed by atoms with Gasteiger partial charge in [0, 0.05) is 5.56 Å². The highest BCUT2D eigenvalue weighted by Gasteiger charge is 2.43. The Kier molecular flexibility index (Phi) is 5.08. The van der Waals surface area contributed by atoms with Crippen LogP contribution in [0.2, 0.25) is 0 Å². The summed E-state index contributed by atoms with van der Waals surface area (Å²) in [6.45, 7) is 3.87. The summed E-state index contributed by atoms with van der Waals surface area (Å²) in [4.78, 5) is 24.7. The van der Waals surface area contributed by atoms with E-state index < -0.39 is 5.54 Å². The van der Waals surface area contributed by atoms with Crippen LogP contribution in [0.1, 0.15) is 55.1 Å². The molecule has 0 atom stereocenters. The van der Waals surface area contributed by atoms with Gasteiger partial charge in [0.2, 0.25) is 0 Å². The van der Waals surface area contributed by atoms with E-state index in [4.69, 9.17) is 9.15 Å². The van der Waals surface area contributed by atoms with Crippen molar-refractivity contribution in [1.82, 2.24) is 5.32 Å². The number of amides is 1. The molecule has 1 fully saturated rings. The van der Waals surface area contributed by atoms with Crippen LogP contribution in [-0.2, 0) is 9.53 Å². The van der Waals surface area contributed by atoms with Crippen molar-refractivity contribution >= 4 is 27.8 Å². The second kappa shape index (κ2) is 6.64. The predicted octanol–water partition coefficient (Wildman–Crippen LogP) is 3.35. The first kappa shape index (κ1) is 16.1. The average Bonchev–Trinajstić information content (AvgIpc) is 2.79. The number of aryl methyl sites for hydroxylation is 1. The number of halogens is 1. The zero-order chi connectivity index (χ0) is 15.5. The van der Waals surface area contributed by atoms with Gasteiger partial charge in [-0.05, 0) is 48.7 Å². The Morgan fingerprint density at radius 3 is 2.57 bits per heavy atom. The van der Waals surface area contributed by atoms with Crippen LogP contribution in [-0.4, -0.2) is 24.0 Å². The van der Waals surface area contributed by atoms with Crippen LogP contribution in [0.5, 0.6) is 0 Å². The van der Waals surface area contributed by atoms with Crippen LogP contribution in [0.15, 0.2) is 15.2 Å². The molecule has 0 radical (unpaired) electrons. The van der Waals surface area contributed by atoms with Gasteiger partial charge in [0.25, 0.3) is 5.91 Å². The van der Waals surface area contributed by atoms with Gasteiger partial charge >= 0.3 is 5.97 Å². The predicted molar refractivity (Wildman–Crippen MR) is 81.1 cm³/mol. The number of carbonyl (C=O) groups is 2. The molecule has 0 spiro atoms. The molecule has 0 saturated heterocycles. The van der Waals surface area contributed by atoms with Crippen LogP contribution in [0.4, 0.5) is 0 Å². The third-order valence-electron chi connectivity index (χ3n) is 3.82. The molecule has 21 heavy (non-hydrogen) atoms. The van der Waals surface area contributed by atoms with Gasteiger partial charge in [-0.25, -0.2) is 4.79 Å². The van der Waals surface area contributed by atoms with Crippen LogP contribution in [0.25, 0.3) is 0 Å². The smallest absolute Gasteiger partial charge is 0.331 e. The Labute approximate surface area is 132 Å². The van der Waals surface area contributed by atoms with Crippen molar-refractivity contribution in [1.29, 1.82) is 0 Å².